The Morgan fingerprint density at radius 1 is 0.244 bits per heavy atom. The van der Waals surface area contributed by atoms with E-state index in [0.717, 1.165) is 99.5 Å². The molecule has 0 amide bonds. The maximum absolute atomic E-state index is 12.0. The summed E-state index contributed by atoms with van der Waals surface area (Å²) in [6.45, 7) is 0. The van der Waals surface area contributed by atoms with Crippen molar-refractivity contribution >= 4 is 43.6 Å². The number of nitriles is 1. The predicted molar refractivity (Wildman–Crippen MR) is 328 cm³/mol. The van der Waals surface area contributed by atoms with E-state index in [4.69, 9.17) is 34.9 Å². The molecule has 0 aliphatic heterocycles. The summed E-state index contributed by atoms with van der Waals surface area (Å²) in [7, 11) is 0. The van der Waals surface area contributed by atoms with Gasteiger partial charge in [0.2, 0.25) is 0 Å². The fourth-order valence-electron chi connectivity index (χ4n) is 11.2. The van der Waals surface area contributed by atoms with Gasteiger partial charge in [0, 0.05) is 66.1 Å². The summed E-state index contributed by atoms with van der Waals surface area (Å²) in [5.74, 6) is 3.31. The molecule has 0 atom stereocenters. The third kappa shape index (κ3) is 8.41. The number of pyridine rings is 1. The Morgan fingerprint density at radius 2 is 0.561 bits per heavy atom. The number of hydrogen-bond acceptors (Lipinski definition) is 8. The Kier molecular flexibility index (Phi) is 11.6. The van der Waals surface area contributed by atoms with Gasteiger partial charge in [0.1, 0.15) is 11.6 Å². The van der Waals surface area contributed by atoms with Gasteiger partial charge in [0.15, 0.2) is 34.9 Å². The van der Waals surface area contributed by atoms with E-state index in [0.29, 0.717) is 51.9 Å². The van der Waals surface area contributed by atoms with Crippen LogP contribution in [0.25, 0.3) is 146 Å². The van der Waals surface area contributed by atoms with Gasteiger partial charge >= 0.3 is 0 Å². The number of fused-ring (bicyclic) bond motifs is 6. The molecule has 5 aromatic heterocycles. The van der Waals surface area contributed by atoms with Crippen LogP contribution in [0.3, 0.4) is 0 Å². The first-order valence-corrected chi connectivity index (χ1v) is 27.0. The molecule has 10 heteroatoms. The zero-order valence-electron chi connectivity index (χ0n) is 43.9. The van der Waals surface area contributed by atoms with E-state index >= 15 is 0 Å². The Morgan fingerprint density at radius 3 is 0.939 bits per heavy atom. The second-order valence-electron chi connectivity index (χ2n) is 20.0. The van der Waals surface area contributed by atoms with Crippen molar-refractivity contribution in [3.63, 3.8) is 0 Å². The second-order valence-corrected chi connectivity index (χ2v) is 20.0. The van der Waals surface area contributed by atoms with Crippen LogP contribution in [0.4, 0.5) is 0 Å². The van der Waals surface area contributed by atoms with E-state index in [1.54, 1.807) is 0 Å². The van der Waals surface area contributed by atoms with E-state index in [1.807, 2.05) is 170 Å². The molecule has 382 valence electrons. The SMILES string of the molecule is N#Cc1c(-n2c3ccccc3c3ccc(-c4nc(-c5ccccc5)nc(-c5ccccc5)n4)cc32)cc(-c2cccc(-c3ccccc3)n2)cc1-n1c2ccccc2c2ccc(-c3nc(-c4ccccc4)nc(-c4ccccc4)n3)cc21. The third-order valence-corrected chi connectivity index (χ3v) is 15.1. The lowest BCUT2D eigenvalue weighted by Gasteiger charge is -2.19. The molecule has 15 rings (SSSR count). The molecule has 15 aromatic rings. The summed E-state index contributed by atoms with van der Waals surface area (Å²) in [6, 6.07) is 92.8. The minimum atomic E-state index is 0.458. The molecule has 5 heterocycles. The Balaban J connectivity index is 1.00. The molecular weight excluding hydrogens is 1000 g/mol. The van der Waals surface area contributed by atoms with Crippen molar-refractivity contribution in [2.24, 2.45) is 0 Å². The van der Waals surface area contributed by atoms with Crippen LogP contribution in [0.5, 0.6) is 0 Å². The lowest BCUT2D eigenvalue weighted by atomic mass is 10.0. The topological polar surface area (TPSA) is 124 Å². The first kappa shape index (κ1) is 47.7. The van der Waals surface area contributed by atoms with Crippen LogP contribution < -0.4 is 0 Å². The highest BCUT2D eigenvalue weighted by Crippen LogP contribution is 2.42. The monoisotopic (exact) mass is 1050 g/mol. The van der Waals surface area contributed by atoms with E-state index < -0.39 is 0 Å². The zero-order valence-corrected chi connectivity index (χ0v) is 43.9. The van der Waals surface area contributed by atoms with E-state index in [1.165, 1.54) is 0 Å². The van der Waals surface area contributed by atoms with Crippen molar-refractivity contribution in [2.45, 2.75) is 0 Å². The standard InChI is InChI=1S/C72H44N10/c73-45-58-65(81-61-35-18-16-31-54(61)56-39-37-51(41-63(56)81)71-77-67(47-23-8-2-9-24-47)75-68(78-71)48-25-10-3-11-26-48)43-53(60-34-20-33-59(74-60)46-21-6-1-7-22-46)44-66(58)82-62-36-19-17-32-55(62)57-40-38-52(42-64(57)82)72-79-69(49-27-12-4-13-28-49)76-70(80-72)50-29-14-5-15-30-50/h1-44H. The first-order valence-electron chi connectivity index (χ1n) is 27.0. The minimum absolute atomic E-state index is 0.458. The molecule has 0 aliphatic carbocycles. The first-order chi connectivity index (χ1) is 40.6. The molecule has 0 saturated heterocycles. The number of para-hydroxylation sites is 2. The number of rotatable bonds is 10. The molecule has 0 N–H and O–H groups in total. The fraction of sp³-hybridized carbons (Fsp3) is 0. The number of benzene rings is 10. The van der Waals surface area contributed by atoms with Gasteiger partial charge in [-0.1, -0.05) is 218 Å². The number of aromatic nitrogens is 9. The van der Waals surface area contributed by atoms with Crippen molar-refractivity contribution in [1.29, 1.82) is 5.26 Å². The molecule has 0 saturated carbocycles. The van der Waals surface area contributed by atoms with Gasteiger partial charge in [0.05, 0.1) is 44.8 Å². The Hall–Kier alpha value is -11.5. The molecular formula is C72H44N10. The van der Waals surface area contributed by atoms with Crippen molar-refractivity contribution < 1.29 is 0 Å². The smallest absolute Gasteiger partial charge is 0.164 e. The lowest BCUT2D eigenvalue weighted by molar-refractivity contribution is 1.07. The van der Waals surface area contributed by atoms with Gasteiger partial charge in [-0.15, -0.1) is 0 Å². The minimum Gasteiger partial charge on any atom is -0.308 e. The zero-order chi connectivity index (χ0) is 54.5. The van der Waals surface area contributed by atoms with Crippen LogP contribution in [0.2, 0.25) is 0 Å². The van der Waals surface area contributed by atoms with Crippen molar-refractivity contribution in [1.82, 2.24) is 44.0 Å². The molecule has 0 bridgehead atoms. The number of hydrogen-bond donors (Lipinski definition) is 0. The quantitative estimate of drug-likeness (QED) is 0.133. The van der Waals surface area contributed by atoms with Crippen molar-refractivity contribution in [2.75, 3.05) is 0 Å². The van der Waals surface area contributed by atoms with Crippen LogP contribution in [-0.2, 0) is 0 Å². The largest absolute Gasteiger partial charge is 0.308 e. The van der Waals surface area contributed by atoms with E-state index in [2.05, 4.69) is 112 Å². The van der Waals surface area contributed by atoms with Gasteiger partial charge in [-0.2, -0.15) is 5.26 Å². The average molecular weight is 1050 g/mol. The van der Waals surface area contributed by atoms with Gasteiger partial charge in [-0.05, 0) is 48.5 Å². The predicted octanol–water partition coefficient (Wildman–Crippen LogP) is 16.9. The van der Waals surface area contributed by atoms with Crippen LogP contribution in [0.1, 0.15) is 5.56 Å². The van der Waals surface area contributed by atoms with Gasteiger partial charge in [-0.3, -0.25) is 0 Å². The molecule has 0 fully saturated rings. The van der Waals surface area contributed by atoms with Gasteiger partial charge in [-0.25, -0.2) is 34.9 Å². The maximum atomic E-state index is 12.0. The van der Waals surface area contributed by atoms with Crippen LogP contribution >= 0.6 is 0 Å². The van der Waals surface area contributed by atoms with E-state index in [-0.39, 0.29) is 0 Å². The summed E-state index contributed by atoms with van der Waals surface area (Å²) in [5.41, 5.74) is 13.9. The third-order valence-electron chi connectivity index (χ3n) is 15.1. The second kappa shape index (κ2) is 20.0. The maximum Gasteiger partial charge on any atom is 0.164 e. The summed E-state index contributed by atoms with van der Waals surface area (Å²) < 4.78 is 4.44. The summed E-state index contributed by atoms with van der Waals surface area (Å²) in [4.78, 5) is 36.0. The van der Waals surface area contributed by atoms with E-state index in [9.17, 15) is 5.26 Å². The molecule has 10 nitrogen and oxygen atoms in total. The van der Waals surface area contributed by atoms with Crippen LogP contribution in [-0.4, -0.2) is 44.0 Å². The highest BCUT2D eigenvalue weighted by molar-refractivity contribution is 6.12. The molecule has 0 unspecified atom stereocenters. The lowest BCUT2D eigenvalue weighted by Crippen LogP contribution is -2.06. The summed E-state index contributed by atoms with van der Waals surface area (Å²) in [5, 5.41) is 16.1. The van der Waals surface area contributed by atoms with Gasteiger partial charge in [0.25, 0.3) is 0 Å². The Labute approximate surface area is 471 Å². The average Bonchev–Trinajstić information content (AvgIpc) is 3.49. The fourth-order valence-corrected chi connectivity index (χ4v) is 11.2. The highest BCUT2D eigenvalue weighted by atomic mass is 15.1. The molecule has 0 radical (unpaired) electrons. The van der Waals surface area contributed by atoms with Crippen molar-refractivity contribution in [3.05, 3.63) is 272 Å². The van der Waals surface area contributed by atoms with Crippen LogP contribution in [0, 0.1) is 11.3 Å². The Bertz CT molecular complexity index is 4590. The van der Waals surface area contributed by atoms with Crippen LogP contribution in [0.15, 0.2) is 267 Å². The number of nitrogens with zero attached hydrogens (tertiary/aromatic N) is 10. The molecule has 0 aliphatic rings. The summed E-state index contributed by atoms with van der Waals surface area (Å²) in [6.07, 6.45) is 0. The summed E-state index contributed by atoms with van der Waals surface area (Å²) >= 11 is 0. The van der Waals surface area contributed by atoms with Crippen molar-refractivity contribution in [3.8, 4) is 108 Å². The highest BCUT2D eigenvalue weighted by Gasteiger charge is 2.25. The molecule has 10 aromatic carbocycles. The van der Waals surface area contributed by atoms with Gasteiger partial charge < -0.3 is 9.13 Å². The normalized spacial score (nSPS) is 11.4. The molecule has 82 heavy (non-hydrogen) atoms. The molecule has 0 spiro atoms.